The zero-order valence-corrected chi connectivity index (χ0v) is 10.3. The Morgan fingerprint density at radius 2 is 1.93 bits per heavy atom. The molecule has 1 nitrogen and oxygen atoms in total. The van der Waals surface area contributed by atoms with Gasteiger partial charge in [-0.15, -0.1) is 0 Å². The van der Waals surface area contributed by atoms with Gasteiger partial charge in [0.25, 0.3) is 0 Å². The summed E-state index contributed by atoms with van der Waals surface area (Å²) in [7, 11) is 0. The molecule has 0 saturated heterocycles. The first kappa shape index (κ1) is 12.3. The maximum absolute atomic E-state index is 6.02. The van der Waals surface area contributed by atoms with E-state index in [-0.39, 0.29) is 5.54 Å². The molecule has 1 aromatic rings. The van der Waals surface area contributed by atoms with Gasteiger partial charge in [0.15, 0.2) is 0 Å². The molecule has 1 rings (SSSR count). The SMILES string of the molecule is CC(C)(C)NCC=Cc1ccccc1Cl. The van der Waals surface area contributed by atoms with Gasteiger partial charge in [-0.3, -0.25) is 0 Å². The van der Waals surface area contributed by atoms with E-state index in [9.17, 15) is 0 Å². The van der Waals surface area contributed by atoms with Crippen molar-refractivity contribution in [2.45, 2.75) is 26.3 Å². The first-order valence-electron chi connectivity index (χ1n) is 5.15. The van der Waals surface area contributed by atoms with Crippen LogP contribution in [-0.2, 0) is 0 Å². The smallest absolute Gasteiger partial charge is 0.0478 e. The average molecular weight is 224 g/mol. The van der Waals surface area contributed by atoms with Crippen molar-refractivity contribution in [2.24, 2.45) is 0 Å². The van der Waals surface area contributed by atoms with Gasteiger partial charge in [-0.25, -0.2) is 0 Å². The third kappa shape index (κ3) is 5.01. The van der Waals surface area contributed by atoms with E-state index in [1.165, 1.54) is 0 Å². The zero-order chi connectivity index (χ0) is 11.3. The van der Waals surface area contributed by atoms with Gasteiger partial charge < -0.3 is 5.32 Å². The Labute approximate surface area is 97.1 Å². The monoisotopic (exact) mass is 223 g/mol. The van der Waals surface area contributed by atoms with Crippen LogP contribution in [0.1, 0.15) is 26.3 Å². The van der Waals surface area contributed by atoms with E-state index in [2.05, 4.69) is 32.2 Å². The molecule has 1 N–H and O–H groups in total. The van der Waals surface area contributed by atoms with Crippen LogP contribution in [0, 0.1) is 0 Å². The summed E-state index contributed by atoms with van der Waals surface area (Å²) in [6, 6.07) is 7.84. The first-order valence-corrected chi connectivity index (χ1v) is 5.53. The lowest BCUT2D eigenvalue weighted by Crippen LogP contribution is -2.35. The second kappa shape index (κ2) is 5.34. The minimum absolute atomic E-state index is 0.158. The second-order valence-electron chi connectivity index (χ2n) is 4.55. The Balaban J connectivity index is 2.49. The zero-order valence-electron chi connectivity index (χ0n) is 9.55. The third-order valence-electron chi connectivity index (χ3n) is 1.95. The van der Waals surface area contributed by atoms with Crippen LogP contribution in [0.15, 0.2) is 30.3 Å². The fourth-order valence-corrected chi connectivity index (χ4v) is 1.36. The number of hydrogen-bond acceptors (Lipinski definition) is 1. The van der Waals surface area contributed by atoms with Crippen molar-refractivity contribution in [1.82, 2.24) is 5.32 Å². The topological polar surface area (TPSA) is 12.0 Å². The summed E-state index contributed by atoms with van der Waals surface area (Å²) in [4.78, 5) is 0. The van der Waals surface area contributed by atoms with Gasteiger partial charge in [0, 0.05) is 17.1 Å². The third-order valence-corrected chi connectivity index (χ3v) is 2.30. The highest BCUT2D eigenvalue weighted by Gasteiger charge is 2.05. The van der Waals surface area contributed by atoms with E-state index < -0.39 is 0 Å². The van der Waals surface area contributed by atoms with E-state index in [4.69, 9.17) is 11.6 Å². The van der Waals surface area contributed by atoms with Gasteiger partial charge in [-0.05, 0) is 32.4 Å². The summed E-state index contributed by atoms with van der Waals surface area (Å²) >= 11 is 6.02. The van der Waals surface area contributed by atoms with Crippen LogP contribution in [0.4, 0.5) is 0 Å². The standard InChI is InChI=1S/C13H18ClN/c1-13(2,3)15-10-6-8-11-7-4-5-9-12(11)14/h4-9,15H,10H2,1-3H3. The van der Waals surface area contributed by atoms with Crippen molar-refractivity contribution in [1.29, 1.82) is 0 Å². The molecule has 0 saturated carbocycles. The molecule has 2 heteroatoms. The molecule has 0 atom stereocenters. The van der Waals surface area contributed by atoms with Gasteiger partial charge in [0.05, 0.1) is 0 Å². The van der Waals surface area contributed by atoms with Gasteiger partial charge in [-0.2, -0.15) is 0 Å². The Kier molecular flexibility index (Phi) is 4.37. The maximum Gasteiger partial charge on any atom is 0.0478 e. The molecule has 0 amide bonds. The molecule has 0 spiro atoms. The van der Waals surface area contributed by atoms with E-state index >= 15 is 0 Å². The minimum atomic E-state index is 0.158. The molecule has 0 aromatic heterocycles. The lowest BCUT2D eigenvalue weighted by atomic mass is 10.1. The van der Waals surface area contributed by atoms with Gasteiger partial charge in [-0.1, -0.05) is 42.0 Å². The quantitative estimate of drug-likeness (QED) is 0.823. The molecule has 0 aliphatic rings. The summed E-state index contributed by atoms with van der Waals surface area (Å²) in [5.74, 6) is 0. The predicted octanol–water partition coefficient (Wildman–Crippen LogP) is 3.74. The summed E-state index contributed by atoms with van der Waals surface area (Å²) in [6.45, 7) is 7.30. The molecule has 82 valence electrons. The largest absolute Gasteiger partial charge is 0.309 e. The Bertz CT molecular complexity index is 337. The highest BCUT2D eigenvalue weighted by Crippen LogP contribution is 2.15. The molecule has 0 fully saturated rings. The molecular weight excluding hydrogens is 206 g/mol. The van der Waals surface area contributed by atoms with Crippen LogP contribution >= 0.6 is 11.6 Å². The second-order valence-corrected chi connectivity index (χ2v) is 4.96. The molecule has 0 bridgehead atoms. The lowest BCUT2D eigenvalue weighted by Gasteiger charge is -2.18. The van der Waals surface area contributed by atoms with Gasteiger partial charge >= 0.3 is 0 Å². The molecule has 0 radical (unpaired) electrons. The molecule has 0 unspecified atom stereocenters. The first-order chi connectivity index (χ1) is 6.99. The van der Waals surface area contributed by atoms with Gasteiger partial charge in [0.1, 0.15) is 0 Å². The van der Waals surface area contributed by atoms with Crippen molar-refractivity contribution < 1.29 is 0 Å². The van der Waals surface area contributed by atoms with Crippen LogP contribution in [0.2, 0.25) is 5.02 Å². The highest BCUT2D eigenvalue weighted by atomic mass is 35.5. The van der Waals surface area contributed by atoms with Crippen molar-refractivity contribution in [3.8, 4) is 0 Å². The van der Waals surface area contributed by atoms with Crippen LogP contribution in [0.5, 0.6) is 0 Å². The van der Waals surface area contributed by atoms with E-state index in [1.807, 2.05) is 30.3 Å². The number of hydrogen-bond donors (Lipinski definition) is 1. The highest BCUT2D eigenvalue weighted by molar-refractivity contribution is 6.32. The van der Waals surface area contributed by atoms with E-state index in [0.717, 1.165) is 17.1 Å². The fourth-order valence-electron chi connectivity index (χ4n) is 1.16. The maximum atomic E-state index is 6.02. The molecule has 1 aromatic carbocycles. The Hall–Kier alpha value is -0.790. The Morgan fingerprint density at radius 1 is 1.27 bits per heavy atom. The van der Waals surface area contributed by atoms with Crippen molar-refractivity contribution in [3.63, 3.8) is 0 Å². The summed E-state index contributed by atoms with van der Waals surface area (Å²) in [5.41, 5.74) is 1.22. The number of nitrogens with one attached hydrogen (secondary N) is 1. The predicted molar refractivity (Wildman–Crippen MR) is 68.2 cm³/mol. The summed E-state index contributed by atoms with van der Waals surface area (Å²) in [5, 5.41) is 4.18. The average Bonchev–Trinajstić information content (AvgIpc) is 2.13. The van der Waals surface area contributed by atoms with E-state index in [0.29, 0.717) is 0 Å². The molecule has 0 aliphatic heterocycles. The van der Waals surface area contributed by atoms with Gasteiger partial charge in [0.2, 0.25) is 0 Å². The number of halogens is 1. The van der Waals surface area contributed by atoms with Crippen LogP contribution in [-0.4, -0.2) is 12.1 Å². The minimum Gasteiger partial charge on any atom is -0.309 e. The van der Waals surface area contributed by atoms with Crippen LogP contribution < -0.4 is 5.32 Å². The fraction of sp³-hybridized carbons (Fsp3) is 0.385. The molecule has 15 heavy (non-hydrogen) atoms. The van der Waals surface area contributed by atoms with E-state index in [1.54, 1.807) is 0 Å². The molecular formula is C13H18ClN. The Morgan fingerprint density at radius 3 is 2.53 bits per heavy atom. The number of benzene rings is 1. The lowest BCUT2D eigenvalue weighted by molar-refractivity contribution is 0.450. The molecule has 0 heterocycles. The molecule has 0 aliphatic carbocycles. The summed E-state index contributed by atoms with van der Waals surface area (Å²) in [6.07, 6.45) is 4.13. The van der Waals surface area contributed by atoms with Crippen molar-refractivity contribution in [2.75, 3.05) is 6.54 Å². The van der Waals surface area contributed by atoms with Crippen LogP contribution in [0.3, 0.4) is 0 Å². The van der Waals surface area contributed by atoms with Crippen LogP contribution in [0.25, 0.3) is 6.08 Å². The van der Waals surface area contributed by atoms with Crippen molar-refractivity contribution >= 4 is 17.7 Å². The normalized spacial score (nSPS) is 12.3. The summed E-state index contributed by atoms with van der Waals surface area (Å²) < 4.78 is 0. The van der Waals surface area contributed by atoms with Crippen molar-refractivity contribution in [3.05, 3.63) is 40.9 Å². The number of rotatable bonds is 3.